The Bertz CT molecular complexity index is 345. The molecule has 1 fully saturated rings. The monoisotopic (exact) mass is 226 g/mol. The van der Waals surface area contributed by atoms with Crippen molar-refractivity contribution in [3.05, 3.63) is 18.2 Å². The average Bonchev–Trinajstić information content (AvgIpc) is 2.66. The smallest absolute Gasteiger partial charge is 0.309 e. The highest BCUT2D eigenvalue weighted by atomic mass is 32.2. The van der Waals surface area contributed by atoms with Gasteiger partial charge in [-0.3, -0.25) is 4.79 Å². The van der Waals surface area contributed by atoms with Gasteiger partial charge in [-0.15, -0.1) is 0 Å². The van der Waals surface area contributed by atoms with Crippen LogP contribution in [0.4, 0.5) is 0 Å². The van der Waals surface area contributed by atoms with Crippen LogP contribution in [-0.4, -0.2) is 32.1 Å². The summed E-state index contributed by atoms with van der Waals surface area (Å²) in [5.41, 5.74) is 0.819. The summed E-state index contributed by atoms with van der Waals surface area (Å²) in [6.45, 7) is 0. The van der Waals surface area contributed by atoms with Crippen molar-refractivity contribution in [3.8, 4) is 0 Å². The zero-order chi connectivity index (χ0) is 10.7. The Morgan fingerprint density at radius 2 is 2.33 bits per heavy atom. The van der Waals surface area contributed by atoms with Gasteiger partial charge in [-0.25, -0.2) is 4.98 Å². The first-order chi connectivity index (χ1) is 7.27. The van der Waals surface area contributed by atoms with E-state index >= 15 is 0 Å². The van der Waals surface area contributed by atoms with Gasteiger partial charge in [0.25, 0.3) is 0 Å². The van der Waals surface area contributed by atoms with Crippen LogP contribution < -0.4 is 0 Å². The Hall–Kier alpha value is -0.970. The summed E-state index contributed by atoms with van der Waals surface area (Å²) < 4.78 is 2.04. The maximum atomic E-state index is 10.7. The highest BCUT2D eigenvalue weighted by Gasteiger charge is 2.18. The molecule has 0 spiro atoms. The van der Waals surface area contributed by atoms with Crippen molar-refractivity contribution in [2.45, 2.75) is 25.3 Å². The van der Waals surface area contributed by atoms with Gasteiger partial charge in [-0.2, -0.15) is 11.8 Å². The Labute approximate surface area is 92.7 Å². The molecule has 15 heavy (non-hydrogen) atoms. The van der Waals surface area contributed by atoms with Crippen molar-refractivity contribution in [3.63, 3.8) is 0 Å². The number of imidazole rings is 1. The molecule has 0 atom stereocenters. The summed E-state index contributed by atoms with van der Waals surface area (Å²) in [7, 11) is 0. The SMILES string of the molecule is O=C(O)Cc1cncn1C1CCSCC1. The van der Waals surface area contributed by atoms with Gasteiger partial charge in [0, 0.05) is 17.9 Å². The van der Waals surface area contributed by atoms with Crippen molar-refractivity contribution >= 4 is 17.7 Å². The van der Waals surface area contributed by atoms with Crippen molar-refractivity contribution in [1.82, 2.24) is 9.55 Å². The van der Waals surface area contributed by atoms with E-state index in [-0.39, 0.29) is 6.42 Å². The van der Waals surface area contributed by atoms with E-state index in [2.05, 4.69) is 4.98 Å². The van der Waals surface area contributed by atoms with Gasteiger partial charge in [0.05, 0.1) is 12.7 Å². The van der Waals surface area contributed by atoms with Crippen LogP contribution in [0.15, 0.2) is 12.5 Å². The fraction of sp³-hybridized carbons (Fsp3) is 0.600. The molecule has 1 saturated heterocycles. The summed E-state index contributed by atoms with van der Waals surface area (Å²) in [4.78, 5) is 14.7. The zero-order valence-electron chi connectivity index (χ0n) is 8.43. The normalized spacial score (nSPS) is 17.9. The van der Waals surface area contributed by atoms with Gasteiger partial charge < -0.3 is 9.67 Å². The van der Waals surface area contributed by atoms with Crippen molar-refractivity contribution in [1.29, 1.82) is 0 Å². The van der Waals surface area contributed by atoms with E-state index in [1.165, 1.54) is 0 Å². The highest BCUT2D eigenvalue weighted by Crippen LogP contribution is 2.27. The number of thioether (sulfide) groups is 1. The summed E-state index contributed by atoms with van der Waals surface area (Å²) in [5.74, 6) is 1.53. The van der Waals surface area contributed by atoms with E-state index in [1.54, 1.807) is 12.5 Å². The molecule has 0 saturated carbocycles. The molecule has 1 aromatic heterocycles. The van der Waals surface area contributed by atoms with E-state index in [1.807, 2.05) is 16.3 Å². The van der Waals surface area contributed by atoms with Crippen LogP contribution in [-0.2, 0) is 11.2 Å². The van der Waals surface area contributed by atoms with Gasteiger partial charge in [0.1, 0.15) is 0 Å². The minimum atomic E-state index is -0.790. The number of nitrogens with zero attached hydrogens (tertiary/aromatic N) is 2. The lowest BCUT2D eigenvalue weighted by molar-refractivity contribution is -0.136. The van der Waals surface area contributed by atoms with E-state index in [0.29, 0.717) is 6.04 Å². The number of hydrogen-bond donors (Lipinski definition) is 1. The van der Waals surface area contributed by atoms with Gasteiger partial charge in [-0.05, 0) is 24.3 Å². The molecule has 1 aliphatic heterocycles. The fourth-order valence-electron chi connectivity index (χ4n) is 1.92. The van der Waals surface area contributed by atoms with Crippen LogP contribution in [0.2, 0.25) is 0 Å². The maximum absolute atomic E-state index is 10.7. The summed E-state index contributed by atoms with van der Waals surface area (Å²) in [6.07, 6.45) is 5.74. The lowest BCUT2D eigenvalue weighted by Gasteiger charge is -2.24. The van der Waals surface area contributed by atoms with Crippen molar-refractivity contribution in [2.75, 3.05) is 11.5 Å². The first-order valence-corrected chi connectivity index (χ1v) is 6.23. The predicted molar refractivity (Wildman–Crippen MR) is 59.2 cm³/mol. The molecule has 2 heterocycles. The quantitative estimate of drug-likeness (QED) is 0.850. The predicted octanol–water partition coefficient (Wildman–Crippen LogP) is 1.58. The van der Waals surface area contributed by atoms with Crippen LogP contribution in [0.5, 0.6) is 0 Å². The third-order valence-corrected chi connectivity index (χ3v) is 3.71. The molecule has 0 unspecified atom stereocenters. The molecule has 1 aromatic rings. The van der Waals surface area contributed by atoms with E-state index in [0.717, 1.165) is 30.0 Å². The van der Waals surface area contributed by atoms with E-state index in [9.17, 15) is 4.79 Å². The first-order valence-electron chi connectivity index (χ1n) is 5.07. The molecule has 0 amide bonds. The summed E-state index contributed by atoms with van der Waals surface area (Å²) in [5, 5.41) is 8.76. The zero-order valence-corrected chi connectivity index (χ0v) is 9.24. The molecule has 4 nitrogen and oxygen atoms in total. The Balaban J connectivity index is 2.12. The van der Waals surface area contributed by atoms with E-state index < -0.39 is 5.97 Å². The molecule has 0 aromatic carbocycles. The second kappa shape index (κ2) is 4.70. The van der Waals surface area contributed by atoms with Crippen LogP contribution in [0, 0.1) is 0 Å². The number of carboxylic acids is 1. The van der Waals surface area contributed by atoms with Gasteiger partial charge in [-0.1, -0.05) is 0 Å². The van der Waals surface area contributed by atoms with E-state index in [4.69, 9.17) is 5.11 Å². The number of carboxylic acid groups (broad SMARTS) is 1. The second-order valence-electron chi connectivity index (χ2n) is 3.71. The standard InChI is InChI=1S/C10H14N2O2S/c13-10(14)5-9-6-11-7-12(9)8-1-3-15-4-2-8/h6-8H,1-5H2,(H,13,14). The maximum Gasteiger partial charge on any atom is 0.309 e. The molecule has 0 bridgehead atoms. The summed E-state index contributed by atoms with van der Waals surface area (Å²) in [6, 6.07) is 0.447. The Morgan fingerprint density at radius 1 is 1.60 bits per heavy atom. The molecular formula is C10H14N2O2S. The minimum Gasteiger partial charge on any atom is -0.481 e. The highest BCUT2D eigenvalue weighted by molar-refractivity contribution is 7.99. The lowest BCUT2D eigenvalue weighted by atomic mass is 10.1. The number of carbonyl (C=O) groups is 1. The lowest BCUT2D eigenvalue weighted by Crippen LogP contribution is -2.18. The molecule has 1 N–H and O–H groups in total. The van der Waals surface area contributed by atoms with Gasteiger partial charge in [0.2, 0.25) is 0 Å². The van der Waals surface area contributed by atoms with Gasteiger partial charge in [0.15, 0.2) is 0 Å². The molecular weight excluding hydrogens is 212 g/mol. The van der Waals surface area contributed by atoms with Crippen molar-refractivity contribution in [2.24, 2.45) is 0 Å². The van der Waals surface area contributed by atoms with Gasteiger partial charge >= 0.3 is 5.97 Å². The molecule has 82 valence electrons. The number of aliphatic carboxylic acids is 1. The largest absolute Gasteiger partial charge is 0.481 e. The van der Waals surface area contributed by atoms with Crippen LogP contribution in [0.25, 0.3) is 0 Å². The third-order valence-electron chi connectivity index (χ3n) is 2.66. The Morgan fingerprint density at radius 3 is 3.00 bits per heavy atom. The van der Waals surface area contributed by atoms with Crippen molar-refractivity contribution < 1.29 is 9.90 Å². The third kappa shape index (κ3) is 2.53. The molecule has 1 aliphatic rings. The average molecular weight is 226 g/mol. The minimum absolute atomic E-state index is 0.0731. The molecule has 2 rings (SSSR count). The topological polar surface area (TPSA) is 55.1 Å². The summed E-state index contributed by atoms with van der Waals surface area (Å²) >= 11 is 1.97. The molecule has 0 aliphatic carbocycles. The number of hydrogen-bond acceptors (Lipinski definition) is 3. The molecule has 5 heteroatoms. The first kappa shape index (κ1) is 10.5. The fourth-order valence-corrected chi connectivity index (χ4v) is 3.00. The molecule has 0 radical (unpaired) electrons. The van der Waals surface area contributed by atoms with Crippen LogP contribution >= 0.6 is 11.8 Å². The number of aromatic nitrogens is 2. The number of rotatable bonds is 3. The second-order valence-corrected chi connectivity index (χ2v) is 4.93. The van der Waals surface area contributed by atoms with Crippen LogP contribution in [0.3, 0.4) is 0 Å². The van der Waals surface area contributed by atoms with Crippen LogP contribution in [0.1, 0.15) is 24.6 Å². The Kier molecular flexibility index (Phi) is 3.30.